The first-order chi connectivity index (χ1) is 14.9. The van der Waals surface area contributed by atoms with Crippen molar-refractivity contribution in [2.75, 3.05) is 24.6 Å². The molecule has 1 unspecified atom stereocenters. The van der Waals surface area contributed by atoms with E-state index in [2.05, 4.69) is 0 Å². The van der Waals surface area contributed by atoms with Crippen LogP contribution in [0.25, 0.3) is 5.57 Å². The number of anilines is 1. The Morgan fingerprint density at radius 2 is 1.87 bits per heavy atom. The van der Waals surface area contributed by atoms with E-state index >= 15 is 0 Å². The van der Waals surface area contributed by atoms with Gasteiger partial charge in [0.15, 0.2) is 0 Å². The third-order valence-electron chi connectivity index (χ3n) is 5.78. The molecule has 1 N–H and O–H groups in total. The van der Waals surface area contributed by atoms with Crippen molar-refractivity contribution >= 4 is 28.8 Å². The van der Waals surface area contributed by atoms with Gasteiger partial charge >= 0.3 is 0 Å². The van der Waals surface area contributed by atoms with Crippen molar-refractivity contribution in [3.05, 3.63) is 75.5 Å². The molecule has 4 rings (SSSR count). The van der Waals surface area contributed by atoms with E-state index in [9.17, 15) is 24.8 Å². The Morgan fingerprint density at radius 1 is 1.13 bits per heavy atom. The SMILES string of the molecule is Cc1cccc(N2C(=O)C(c3ccc([N+](=O)[O-])cc3)=C(N3CCCC(CO)C3)C2=O)c1. The van der Waals surface area contributed by atoms with E-state index in [1.54, 1.807) is 18.2 Å². The summed E-state index contributed by atoms with van der Waals surface area (Å²) in [5.41, 5.74) is 2.30. The van der Waals surface area contributed by atoms with Gasteiger partial charge in [-0.15, -0.1) is 0 Å². The summed E-state index contributed by atoms with van der Waals surface area (Å²) in [5, 5.41) is 20.7. The van der Waals surface area contributed by atoms with Crippen molar-refractivity contribution in [3.63, 3.8) is 0 Å². The Labute approximate surface area is 179 Å². The van der Waals surface area contributed by atoms with Gasteiger partial charge in [-0.05, 0) is 61.1 Å². The second kappa shape index (κ2) is 8.31. The quantitative estimate of drug-likeness (QED) is 0.452. The van der Waals surface area contributed by atoms with Gasteiger partial charge in [-0.3, -0.25) is 19.7 Å². The minimum atomic E-state index is -0.504. The van der Waals surface area contributed by atoms with Gasteiger partial charge in [0.25, 0.3) is 17.5 Å². The average molecular weight is 421 g/mol. The minimum Gasteiger partial charge on any atom is -0.396 e. The van der Waals surface area contributed by atoms with Crippen LogP contribution >= 0.6 is 0 Å². The number of aryl methyl sites for hydroxylation is 1. The maximum atomic E-state index is 13.5. The normalized spacial score (nSPS) is 19.4. The van der Waals surface area contributed by atoms with E-state index in [0.29, 0.717) is 30.0 Å². The van der Waals surface area contributed by atoms with E-state index in [4.69, 9.17) is 0 Å². The molecule has 2 aromatic carbocycles. The maximum absolute atomic E-state index is 13.5. The molecule has 2 aliphatic heterocycles. The summed E-state index contributed by atoms with van der Waals surface area (Å²) in [6.07, 6.45) is 1.66. The number of hydrogen-bond acceptors (Lipinski definition) is 6. The Kier molecular flexibility index (Phi) is 5.56. The molecule has 0 radical (unpaired) electrons. The first kappa shape index (κ1) is 20.7. The van der Waals surface area contributed by atoms with Gasteiger partial charge in [-0.25, -0.2) is 4.90 Å². The maximum Gasteiger partial charge on any atom is 0.282 e. The van der Waals surface area contributed by atoms with Crippen LogP contribution in [-0.4, -0.2) is 46.4 Å². The van der Waals surface area contributed by atoms with E-state index in [0.717, 1.165) is 18.4 Å². The molecule has 1 atom stereocenters. The number of carbonyl (C=O) groups is 2. The van der Waals surface area contributed by atoms with Crippen molar-refractivity contribution in [2.24, 2.45) is 5.92 Å². The van der Waals surface area contributed by atoms with E-state index in [-0.39, 0.29) is 23.8 Å². The third-order valence-corrected chi connectivity index (χ3v) is 5.78. The van der Waals surface area contributed by atoms with Crippen molar-refractivity contribution < 1.29 is 19.6 Å². The minimum absolute atomic E-state index is 0.0143. The third kappa shape index (κ3) is 3.82. The monoisotopic (exact) mass is 421 g/mol. The summed E-state index contributed by atoms with van der Waals surface area (Å²) in [6.45, 7) is 2.98. The molecule has 8 heteroatoms. The van der Waals surface area contributed by atoms with E-state index in [1.807, 2.05) is 17.9 Å². The van der Waals surface area contributed by atoms with Crippen LogP contribution in [0.2, 0.25) is 0 Å². The molecule has 8 nitrogen and oxygen atoms in total. The number of hydrogen-bond donors (Lipinski definition) is 1. The zero-order valence-electron chi connectivity index (χ0n) is 17.2. The van der Waals surface area contributed by atoms with Crippen LogP contribution in [-0.2, 0) is 9.59 Å². The van der Waals surface area contributed by atoms with Crippen molar-refractivity contribution in [2.45, 2.75) is 19.8 Å². The van der Waals surface area contributed by atoms with Gasteiger partial charge in [0.05, 0.1) is 16.2 Å². The van der Waals surface area contributed by atoms with Crippen LogP contribution in [0.5, 0.6) is 0 Å². The molecule has 31 heavy (non-hydrogen) atoms. The molecule has 2 heterocycles. The summed E-state index contributed by atoms with van der Waals surface area (Å²) in [5.74, 6) is -0.844. The fourth-order valence-corrected chi connectivity index (χ4v) is 4.24. The highest BCUT2D eigenvalue weighted by atomic mass is 16.6. The van der Waals surface area contributed by atoms with Crippen molar-refractivity contribution in [1.29, 1.82) is 0 Å². The van der Waals surface area contributed by atoms with Crippen LogP contribution in [0.15, 0.2) is 54.2 Å². The van der Waals surface area contributed by atoms with Gasteiger partial charge in [0.1, 0.15) is 5.70 Å². The number of nitro groups is 1. The Hall–Kier alpha value is -3.52. The van der Waals surface area contributed by atoms with E-state index < -0.39 is 16.7 Å². The average Bonchev–Trinajstić information content (AvgIpc) is 3.03. The molecule has 2 aromatic rings. The lowest BCUT2D eigenvalue weighted by atomic mass is 9.97. The molecule has 0 spiro atoms. The molecule has 2 aliphatic rings. The standard InChI is InChI=1S/C23H23N3O5/c1-15-4-2-6-19(12-15)25-22(28)20(17-7-9-18(10-8-17)26(30)31)21(23(25)29)24-11-3-5-16(13-24)14-27/h2,4,6-10,12,16,27H,3,5,11,13-14H2,1H3. The smallest absolute Gasteiger partial charge is 0.282 e. The van der Waals surface area contributed by atoms with Crippen molar-refractivity contribution in [3.8, 4) is 0 Å². The second-order valence-electron chi connectivity index (χ2n) is 7.95. The number of carbonyl (C=O) groups excluding carboxylic acids is 2. The summed E-state index contributed by atoms with van der Waals surface area (Å²) in [6, 6.07) is 12.8. The number of aliphatic hydroxyl groups excluding tert-OH is 1. The number of nitro benzene ring substituents is 1. The summed E-state index contributed by atoms with van der Waals surface area (Å²) in [4.78, 5) is 40.6. The number of aliphatic hydroxyl groups is 1. The summed E-state index contributed by atoms with van der Waals surface area (Å²) in [7, 11) is 0. The highest BCUT2D eigenvalue weighted by Crippen LogP contribution is 2.37. The lowest BCUT2D eigenvalue weighted by molar-refractivity contribution is -0.384. The topological polar surface area (TPSA) is 104 Å². The predicted octanol–water partition coefficient (Wildman–Crippen LogP) is 2.89. The molecule has 0 aromatic heterocycles. The van der Waals surface area contributed by atoms with Crippen LogP contribution in [0.3, 0.4) is 0 Å². The molecule has 1 fully saturated rings. The highest BCUT2D eigenvalue weighted by molar-refractivity contribution is 6.45. The lowest BCUT2D eigenvalue weighted by Gasteiger charge is -2.34. The zero-order valence-corrected chi connectivity index (χ0v) is 17.2. The number of amides is 2. The zero-order chi connectivity index (χ0) is 22.1. The van der Waals surface area contributed by atoms with Crippen LogP contribution < -0.4 is 4.90 Å². The van der Waals surface area contributed by atoms with Crippen LogP contribution in [0.1, 0.15) is 24.0 Å². The molecule has 2 amide bonds. The highest BCUT2D eigenvalue weighted by Gasteiger charge is 2.43. The lowest BCUT2D eigenvalue weighted by Crippen LogP contribution is -2.40. The number of piperidine rings is 1. The molecule has 1 saturated heterocycles. The number of benzene rings is 2. The Balaban J connectivity index is 1.81. The molecule has 0 saturated carbocycles. The first-order valence-corrected chi connectivity index (χ1v) is 10.2. The number of rotatable bonds is 5. The number of imide groups is 1. The Morgan fingerprint density at radius 3 is 2.52 bits per heavy atom. The number of nitrogens with zero attached hydrogens (tertiary/aromatic N) is 3. The number of likely N-dealkylation sites (tertiary alicyclic amines) is 1. The molecule has 160 valence electrons. The summed E-state index contributed by atoms with van der Waals surface area (Å²) < 4.78 is 0. The van der Waals surface area contributed by atoms with Crippen LogP contribution in [0, 0.1) is 23.0 Å². The fourth-order valence-electron chi connectivity index (χ4n) is 4.24. The second-order valence-corrected chi connectivity index (χ2v) is 7.95. The van der Waals surface area contributed by atoms with Gasteiger partial charge in [-0.1, -0.05) is 12.1 Å². The molecule has 0 aliphatic carbocycles. The predicted molar refractivity (Wildman–Crippen MR) is 115 cm³/mol. The van der Waals surface area contributed by atoms with Gasteiger partial charge in [0.2, 0.25) is 0 Å². The molecule has 0 bridgehead atoms. The first-order valence-electron chi connectivity index (χ1n) is 10.2. The number of non-ortho nitro benzene ring substituents is 1. The van der Waals surface area contributed by atoms with Gasteiger partial charge in [-0.2, -0.15) is 0 Å². The van der Waals surface area contributed by atoms with Gasteiger partial charge in [0, 0.05) is 31.8 Å². The molecular weight excluding hydrogens is 398 g/mol. The fraction of sp³-hybridized carbons (Fsp3) is 0.304. The summed E-state index contributed by atoms with van der Waals surface area (Å²) >= 11 is 0. The Bertz CT molecular complexity index is 1080. The molecular formula is C23H23N3O5. The van der Waals surface area contributed by atoms with Crippen LogP contribution in [0.4, 0.5) is 11.4 Å². The largest absolute Gasteiger partial charge is 0.396 e. The van der Waals surface area contributed by atoms with E-state index in [1.165, 1.54) is 29.2 Å². The van der Waals surface area contributed by atoms with Crippen molar-refractivity contribution in [1.82, 2.24) is 4.90 Å². The van der Waals surface area contributed by atoms with Gasteiger partial charge < -0.3 is 10.0 Å².